The lowest BCUT2D eigenvalue weighted by molar-refractivity contribution is 0.299. The van der Waals surface area contributed by atoms with E-state index in [0.717, 1.165) is 34.3 Å². The van der Waals surface area contributed by atoms with Crippen LogP contribution in [0.5, 0.6) is 0 Å². The lowest BCUT2D eigenvalue weighted by atomic mass is 9.84. The molecule has 3 aromatic rings. The van der Waals surface area contributed by atoms with E-state index < -0.39 is 0 Å². The third-order valence-electron chi connectivity index (χ3n) is 5.65. The van der Waals surface area contributed by atoms with Gasteiger partial charge in [-0.05, 0) is 42.3 Å². The first kappa shape index (κ1) is 25.7. The number of aliphatic imine (C=N–C) groups is 1. The molecular weight excluding hydrogens is 458 g/mol. The molecular formula is C29H32ClN3S. The Kier molecular flexibility index (Phi) is 9.46. The summed E-state index contributed by atoms with van der Waals surface area (Å²) in [6, 6.07) is 20.9. The number of hydrogen-bond acceptors (Lipinski definition) is 4. The molecule has 1 aliphatic heterocycles. The van der Waals surface area contributed by atoms with Gasteiger partial charge < -0.3 is 10.6 Å². The number of hydrogen-bond donors (Lipinski definition) is 1. The highest BCUT2D eigenvalue weighted by Gasteiger charge is 2.29. The van der Waals surface area contributed by atoms with Crippen LogP contribution in [0, 0.1) is 0 Å². The van der Waals surface area contributed by atoms with Gasteiger partial charge in [0.05, 0.1) is 10.9 Å². The number of rotatable bonds is 6. The van der Waals surface area contributed by atoms with E-state index in [4.69, 9.17) is 22.3 Å². The lowest BCUT2D eigenvalue weighted by Crippen LogP contribution is -2.30. The molecule has 4 rings (SSSR count). The van der Waals surface area contributed by atoms with Crippen LogP contribution in [-0.2, 0) is 13.1 Å². The minimum atomic E-state index is 0.260. The summed E-state index contributed by atoms with van der Waals surface area (Å²) < 4.78 is 0.855. The van der Waals surface area contributed by atoms with E-state index in [1.165, 1.54) is 21.6 Å². The van der Waals surface area contributed by atoms with Crippen LogP contribution in [0.4, 0.5) is 0 Å². The van der Waals surface area contributed by atoms with Gasteiger partial charge in [0.15, 0.2) is 0 Å². The van der Waals surface area contributed by atoms with Crippen molar-refractivity contribution in [1.29, 1.82) is 0 Å². The summed E-state index contributed by atoms with van der Waals surface area (Å²) in [4.78, 5) is 8.41. The number of nitrogens with two attached hydrogens (primary N) is 1. The molecule has 0 fully saturated rings. The highest BCUT2D eigenvalue weighted by molar-refractivity contribution is 7.16. The summed E-state index contributed by atoms with van der Waals surface area (Å²) >= 11 is 8.07. The Balaban J connectivity index is 0.000000751. The predicted octanol–water partition coefficient (Wildman–Crippen LogP) is 7.30. The van der Waals surface area contributed by atoms with Gasteiger partial charge in [-0.1, -0.05) is 91.5 Å². The predicted molar refractivity (Wildman–Crippen MR) is 150 cm³/mol. The Morgan fingerprint density at radius 2 is 1.79 bits per heavy atom. The molecule has 2 N–H and O–H groups in total. The average Bonchev–Trinajstić information content (AvgIpc) is 3.22. The quantitative estimate of drug-likeness (QED) is 0.291. The first-order valence-electron chi connectivity index (χ1n) is 11.2. The van der Waals surface area contributed by atoms with Crippen molar-refractivity contribution in [3.8, 4) is 0 Å². The maximum absolute atomic E-state index is 6.38. The number of allylic oxidation sites excluding steroid dienone is 4. The van der Waals surface area contributed by atoms with Crippen LogP contribution in [0.25, 0.3) is 5.57 Å². The second kappa shape index (κ2) is 12.5. The molecule has 0 amide bonds. The standard InChI is InChI=1S/C25H26ClN3S.C4H6/c1-17(27)22(14-28-13-18-8-4-3-5-9-18)19-10-6-7-11-20(19)23-15-29(2)16-24-21(23)12-25(26)30-24;1-3-4-2/h3-12,14,23H,13,15-16,27H2,1-2H3;3-4H,1-2H2/b22-17+,28-14?;. The second-order valence-corrected chi connectivity index (χ2v) is 10.1. The van der Waals surface area contributed by atoms with Gasteiger partial charge in [0.25, 0.3) is 0 Å². The monoisotopic (exact) mass is 489 g/mol. The average molecular weight is 490 g/mol. The Morgan fingerprint density at radius 1 is 1.12 bits per heavy atom. The van der Waals surface area contributed by atoms with Crippen molar-refractivity contribution in [3.63, 3.8) is 0 Å². The molecule has 2 heterocycles. The van der Waals surface area contributed by atoms with Crippen LogP contribution in [-0.4, -0.2) is 24.7 Å². The van der Waals surface area contributed by atoms with Crippen molar-refractivity contribution < 1.29 is 0 Å². The fraction of sp³-hybridized carbons (Fsp3) is 0.207. The number of likely N-dealkylation sites (N-methyl/N-ethyl adjacent to an activating group) is 1. The van der Waals surface area contributed by atoms with Gasteiger partial charge in [0, 0.05) is 41.4 Å². The molecule has 1 aliphatic rings. The first-order valence-corrected chi connectivity index (χ1v) is 12.4. The van der Waals surface area contributed by atoms with E-state index in [0.29, 0.717) is 6.54 Å². The summed E-state index contributed by atoms with van der Waals surface area (Å²) in [7, 11) is 2.17. The highest BCUT2D eigenvalue weighted by atomic mass is 35.5. The molecule has 1 aromatic heterocycles. The van der Waals surface area contributed by atoms with Crippen molar-refractivity contribution in [2.45, 2.75) is 25.9 Å². The third-order valence-corrected chi connectivity index (χ3v) is 6.91. The molecule has 1 atom stereocenters. The van der Waals surface area contributed by atoms with Crippen LogP contribution >= 0.6 is 22.9 Å². The van der Waals surface area contributed by atoms with Crippen molar-refractivity contribution in [1.82, 2.24) is 4.90 Å². The Hall–Kier alpha value is -2.92. The first-order chi connectivity index (χ1) is 16.4. The van der Waals surface area contributed by atoms with E-state index in [9.17, 15) is 0 Å². The van der Waals surface area contributed by atoms with Crippen molar-refractivity contribution in [2.75, 3.05) is 13.6 Å². The van der Waals surface area contributed by atoms with Crippen LogP contribution < -0.4 is 5.73 Å². The molecule has 34 heavy (non-hydrogen) atoms. The van der Waals surface area contributed by atoms with Gasteiger partial charge in [-0.3, -0.25) is 4.99 Å². The Morgan fingerprint density at radius 3 is 2.47 bits per heavy atom. The smallest absolute Gasteiger partial charge is 0.0934 e. The minimum Gasteiger partial charge on any atom is -0.402 e. The van der Waals surface area contributed by atoms with Crippen molar-refractivity contribution >= 4 is 34.7 Å². The van der Waals surface area contributed by atoms with Gasteiger partial charge in [-0.2, -0.15) is 0 Å². The number of fused-ring (bicyclic) bond motifs is 1. The van der Waals surface area contributed by atoms with Crippen molar-refractivity contribution in [3.05, 3.63) is 123 Å². The van der Waals surface area contributed by atoms with Gasteiger partial charge in [-0.15, -0.1) is 11.3 Å². The fourth-order valence-electron chi connectivity index (χ4n) is 4.07. The second-order valence-electron chi connectivity index (χ2n) is 8.29. The number of benzene rings is 2. The zero-order valence-electron chi connectivity index (χ0n) is 19.9. The minimum absolute atomic E-state index is 0.260. The molecule has 0 saturated heterocycles. The SMILES string of the molecule is C/C(N)=C(/C=NCc1ccccc1)c1ccccc1C1CN(C)Cc2sc(Cl)cc21.C=CC=C. The summed E-state index contributed by atoms with van der Waals surface area (Å²) in [5, 5.41) is 0. The zero-order chi connectivity index (χ0) is 24.5. The highest BCUT2D eigenvalue weighted by Crippen LogP contribution is 2.41. The molecule has 2 aromatic carbocycles. The fourth-order valence-corrected chi connectivity index (χ4v) is 5.49. The number of halogens is 1. The van der Waals surface area contributed by atoms with Gasteiger partial charge in [0.2, 0.25) is 0 Å². The number of nitrogens with zero attached hydrogens (tertiary/aromatic N) is 2. The van der Waals surface area contributed by atoms with Gasteiger partial charge >= 0.3 is 0 Å². The summed E-state index contributed by atoms with van der Waals surface area (Å²) in [6.07, 6.45) is 5.20. The van der Waals surface area contributed by atoms with Gasteiger partial charge in [0.1, 0.15) is 0 Å². The molecule has 0 spiro atoms. The topological polar surface area (TPSA) is 41.6 Å². The van der Waals surface area contributed by atoms with E-state index >= 15 is 0 Å². The Bertz CT molecular complexity index is 1170. The molecule has 0 saturated carbocycles. The lowest BCUT2D eigenvalue weighted by Gasteiger charge is -2.31. The Labute approximate surface area is 212 Å². The summed E-state index contributed by atoms with van der Waals surface area (Å²) in [5.74, 6) is 0.260. The van der Waals surface area contributed by atoms with Crippen LogP contribution in [0.2, 0.25) is 4.34 Å². The summed E-state index contributed by atoms with van der Waals surface area (Å²) in [5.41, 5.74) is 13.0. The normalized spacial score (nSPS) is 16.3. The maximum Gasteiger partial charge on any atom is 0.0934 e. The molecule has 3 nitrogen and oxygen atoms in total. The third kappa shape index (κ3) is 6.57. The largest absolute Gasteiger partial charge is 0.402 e. The zero-order valence-corrected chi connectivity index (χ0v) is 21.4. The molecule has 0 bridgehead atoms. The molecule has 0 radical (unpaired) electrons. The van der Waals surface area contributed by atoms with Crippen molar-refractivity contribution in [2.24, 2.45) is 10.7 Å². The van der Waals surface area contributed by atoms with E-state index in [2.05, 4.69) is 67.6 Å². The van der Waals surface area contributed by atoms with E-state index in [-0.39, 0.29) is 5.92 Å². The van der Waals surface area contributed by atoms with Crippen LogP contribution in [0.15, 0.2) is 96.7 Å². The molecule has 0 aliphatic carbocycles. The maximum atomic E-state index is 6.38. The van der Waals surface area contributed by atoms with E-state index in [1.54, 1.807) is 23.5 Å². The van der Waals surface area contributed by atoms with Crippen LogP contribution in [0.1, 0.15) is 40.0 Å². The summed E-state index contributed by atoms with van der Waals surface area (Å²) in [6.45, 7) is 11.2. The number of thiophene rings is 1. The molecule has 5 heteroatoms. The molecule has 1 unspecified atom stereocenters. The van der Waals surface area contributed by atoms with Gasteiger partial charge in [-0.25, -0.2) is 0 Å². The van der Waals surface area contributed by atoms with Crippen LogP contribution in [0.3, 0.4) is 0 Å². The molecule has 176 valence electrons. The van der Waals surface area contributed by atoms with E-state index in [1.807, 2.05) is 31.3 Å².